The first-order valence-electron chi connectivity index (χ1n) is 15.8. The Labute approximate surface area is 299 Å². The van der Waals surface area contributed by atoms with Gasteiger partial charge in [0.05, 0.1) is 25.1 Å². The van der Waals surface area contributed by atoms with Crippen LogP contribution in [0.3, 0.4) is 0 Å². The third kappa shape index (κ3) is 11.0. The average Bonchev–Trinajstić information content (AvgIpc) is 3.53. The summed E-state index contributed by atoms with van der Waals surface area (Å²) >= 11 is 0. The number of nitrogens with zero attached hydrogens (tertiary/aromatic N) is 3. The molecule has 5 rings (SSSR count). The Morgan fingerprint density at radius 3 is 2.12 bits per heavy atom. The Morgan fingerprint density at radius 2 is 1.51 bits per heavy atom. The van der Waals surface area contributed by atoms with Gasteiger partial charge in [0, 0.05) is 32.1 Å². The molecule has 1 fully saturated rings. The van der Waals surface area contributed by atoms with E-state index in [4.69, 9.17) is 15.2 Å². The lowest BCUT2D eigenvalue weighted by Gasteiger charge is -2.34. The molecule has 0 spiro atoms. The lowest BCUT2D eigenvalue weighted by molar-refractivity contribution is -0.135. The number of likely N-dealkylation sites (tertiary alicyclic amines) is 1. The number of halogens is 2. The Kier molecular flexibility index (Phi) is 14.6. The monoisotopic (exact) mass is 710 g/mol. The van der Waals surface area contributed by atoms with Crippen molar-refractivity contribution >= 4 is 48.4 Å². The summed E-state index contributed by atoms with van der Waals surface area (Å²) in [6.45, 7) is 4.40. The minimum atomic E-state index is -1.20. The van der Waals surface area contributed by atoms with Crippen LogP contribution in [0.15, 0.2) is 104 Å². The van der Waals surface area contributed by atoms with Gasteiger partial charge in [-0.25, -0.2) is 4.98 Å². The molecule has 262 valence electrons. The van der Waals surface area contributed by atoms with E-state index in [0.29, 0.717) is 25.9 Å². The maximum Gasteiger partial charge on any atom is 0.250 e. The van der Waals surface area contributed by atoms with E-state index in [1.807, 2.05) is 95.9 Å². The maximum absolute atomic E-state index is 14.0. The predicted molar refractivity (Wildman–Crippen MR) is 193 cm³/mol. The topological polar surface area (TPSA) is 141 Å². The highest BCUT2D eigenvalue weighted by atomic mass is 35.5. The number of carbonyl (C=O) groups excluding carboxylic acids is 3. The van der Waals surface area contributed by atoms with Crippen molar-refractivity contribution in [3.63, 3.8) is 0 Å². The Balaban J connectivity index is 0.00000325. The van der Waals surface area contributed by atoms with Crippen LogP contribution in [0.25, 0.3) is 0 Å². The van der Waals surface area contributed by atoms with Gasteiger partial charge in [0.15, 0.2) is 5.82 Å². The van der Waals surface area contributed by atoms with Crippen molar-refractivity contribution in [2.75, 3.05) is 25.0 Å². The summed E-state index contributed by atoms with van der Waals surface area (Å²) in [5, 5.41) is 5.47. The van der Waals surface area contributed by atoms with Crippen molar-refractivity contribution in [3.05, 3.63) is 115 Å². The van der Waals surface area contributed by atoms with Crippen molar-refractivity contribution in [1.82, 2.24) is 19.8 Å². The molecule has 11 nitrogen and oxygen atoms in total. The van der Waals surface area contributed by atoms with E-state index in [9.17, 15) is 14.4 Å². The van der Waals surface area contributed by atoms with Gasteiger partial charge >= 0.3 is 0 Å². The third-order valence-electron chi connectivity index (χ3n) is 7.90. The molecule has 13 heteroatoms. The fourth-order valence-electron chi connectivity index (χ4n) is 5.29. The maximum atomic E-state index is 14.0. The lowest BCUT2D eigenvalue weighted by Crippen LogP contribution is -2.56. The number of amides is 3. The average molecular weight is 712 g/mol. The summed E-state index contributed by atoms with van der Waals surface area (Å²) in [5.41, 5.74) is 6.50. The molecule has 0 bridgehead atoms. The third-order valence-corrected chi connectivity index (χ3v) is 7.90. The quantitative estimate of drug-likeness (QED) is 0.182. The van der Waals surface area contributed by atoms with Crippen molar-refractivity contribution in [2.45, 2.75) is 57.0 Å². The molecule has 4 aromatic rings. The first-order chi connectivity index (χ1) is 22.7. The smallest absolute Gasteiger partial charge is 0.250 e. The minimum Gasteiger partial charge on any atom is -0.490 e. The molecule has 49 heavy (non-hydrogen) atoms. The molecular formula is C36H44Cl2N6O5. The normalized spacial score (nSPS) is 14.4. The molecule has 2 atom stereocenters. The molecule has 1 aliphatic rings. The second-order valence-corrected chi connectivity index (χ2v) is 12.2. The number of hydrogen-bond acceptors (Lipinski definition) is 7. The summed E-state index contributed by atoms with van der Waals surface area (Å²) in [4.78, 5) is 46.4. The van der Waals surface area contributed by atoms with Crippen LogP contribution in [0.1, 0.15) is 43.9 Å². The van der Waals surface area contributed by atoms with Crippen LogP contribution in [0.4, 0.5) is 5.82 Å². The van der Waals surface area contributed by atoms with Gasteiger partial charge < -0.3 is 35.3 Å². The van der Waals surface area contributed by atoms with Gasteiger partial charge in [0.2, 0.25) is 11.8 Å². The number of piperidine rings is 1. The van der Waals surface area contributed by atoms with Crippen LogP contribution in [0, 0.1) is 0 Å². The van der Waals surface area contributed by atoms with Gasteiger partial charge in [-0.05, 0) is 37.1 Å². The number of hydrogen-bond donors (Lipinski definition) is 3. The van der Waals surface area contributed by atoms with Gasteiger partial charge in [-0.15, -0.1) is 24.8 Å². The Hall–Kier alpha value is -4.42. The van der Waals surface area contributed by atoms with Crippen molar-refractivity contribution < 1.29 is 23.9 Å². The molecule has 2 heterocycles. The molecule has 0 radical (unpaired) electrons. The summed E-state index contributed by atoms with van der Waals surface area (Å²) < 4.78 is 13.6. The van der Waals surface area contributed by atoms with Gasteiger partial charge in [0.25, 0.3) is 5.91 Å². The molecule has 4 N–H and O–H groups in total. The number of ether oxygens (including phenoxy) is 2. The van der Waals surface area contributed by atoms with Gasteiger partial charge in [-0.3, -0.25) is 14.4 Å². The summed E-state index contributed by atoms with van der Waals surface area (Å²) in [7, 11) is 0. The highest BCUT2D eigenvalue weighted by Crippen LogP contribution is 2.26. The molecule has 3 amide bonds. The molecule has 1 unspecified atom stereocenters. The largest absolute Gasteiger partial charge is 0.490 e. The SMILES string of the molecule is CC(C)(N)C(=O)N[C@H](COCc1ccccc1)C(=O)Nc1cn(C(C(=O)N2CCC(Oc3ccccc3)CC2)c2ccccc2)cn1.Cl.Cl. The first-order valence-corrected chi connectivity index (χ1v) is 15.8. The van der Waals surface area contributed by atoms with Gasteiger partial charge in [0.1, 0.15) is 23.9 Å². The predicted octanol–water partition coefficient (Wildman–Crippen LogP) is 4.76. The van der Waals surface area contributed by atoms with E-state index >= 15 is 0 Å². The minimum absolute atomic E-state index is 0. The second-order valence-electron chi connectivity index (χ2n) is 12.2. The highest BCUT2D eigenvalue weighted by Gasteiger charge is 2.32. The van der Waals surface area contributed by atoms with Crippen molar-refractivity contribution in [1.29, 1.82) is 0 Å². The number of rotatable bonds is 13. The van der Waals surface area contributed by atoms with Crippen LogP contribution in [-0.4, -0.2) is 69.6 Å². The van der Waals surface area contributed by atoms with E-state index in [2.05, 4.69) is 15.6 Å². The van der Waals surface area contributed by atoms with Gasteiger partial charge in [-0.1, -0.05) is 78.9 Å². The van der Waals surface area contributed by atoms with Gasteiger partial charge in [-0.2, -0.15) is 0 Å². The first kappa shape index (κ1) is 39.0. The number of benzene rings is 3. The van der Waals surface area contributed by atoms with E-state index in [-0.39, 0.29) is 55.9 Å². The zero-order valence-electron chi connectivity index (χ0n) is 27.6. The van der Waals surface area contributed by atoms with Crippen LogP contribution in [0.2, 0.25) is 0 Å². The number of nitrogens with one attached hydrogen (secondary N) is 2. The summed E-state index contributed by atoms with van der Waals surface area (Å²) in [5.74, 6) is -0.0471. The second kappa shape index (κ2) is 18.4. The van der Waals surface area contributed by atoms with Crippen LogP contribution in [-0.2, 0) is 25.7 Å². The molecule has 1 saturated heterocycles. The van der Waals surface area contributed by atoms with E-state index in [0.717, 1.165) is 16.9 Å². The van der Waals surface area contributed by atoms with Crippen LogP contribution < -0.4 is 21.1 Å². The number of imidazole rings is 1. The molecule has 0 aliphatic carbocycles. The number of para-hydroxylation sites is 1. The highest BCUT2D eigenvalue weighted by molar-refractivity contribution is 5.98. The lowest BCUT2D eigenvalue weighted by atomic mass is 10.0. The summed E-state index contributed by atoms with van der Waals surface area (Å²) in [6.07, 6.45) is 4.61. The number of carbonyl (C=O) groups is 3. The Morgan fingerprint density at radius 1 is 0.918 bits per heavy atom. The van der Waals surface area contributed by atoms with Crippen LogP contribution in [0.5, 0.6) is 5.75 Å². The number of anilines is 1. The number of nitrogens with two attached hydrogens (primary N) is 1. The van der Waals surface area contributed by atoms with Crippen LogP contribution >= 0.6 is 24.8 Å². The van der Waals surface area contributed by atoms with Crippen molar-refractivity contribution in [2.24, 2.45) is 5.73 Å². The van der Waals surface area contributed by atoms with E-state index in [1.165, 1.54) is 6.33 Å². The fourth-order valence-corrected chi connectivity index (χ4v) is 5.29. The molecule has 1 aromatic heterocycles. The zero-order valence-corrected chi connectivity index (χ0v) is 29.2. The molecule has 0 saturated carbocycles. The van der Waals surface area contributed by atoms with E-state index in [1.54, 1.807) is 24.6 Å². The van der Waals surface area contributed by atoms with E-state index < -0.39 is 29.4 Å². The van der Waals surface area contributed by atoms with Crippen molar-refractivity contribution in [3.8, 4) is 5.75 Å². The standard InChI is InChI=1S/C36H42N6O5.2ClH/c1-36(2,37)35(45)39-30(24-46-23-26-12-6-3-7-13-26)33(43)40-31-22-42(25-38-31)32(27-14-8-4-9-15-27)34(44)41-20-18-29(19-21-41)47-28-16-10-5-11-17-28;;/h3-17,22,25,29-30,32H,18-21,23-24,37H2,1-2H3,(H,39,45)(H,40,43);2*1H/t30-,32?;;/m1../s1. The zero-order chi connectivity index (χ0) is 33.2. The Bertz CT molecular complexity index is 1610. The molecule has 1 aliphatic heterocycles. The molecular weight excluding hydrogens is 667 g/mol. The molecule has 3 aromatic carbocycles. The number of aromatic nitrogens is 2. The fraction of sp³-hybridized carbons (Fsp3) is 0.333. The summed E-state index contributed by atoms with van der Waals surface area (Å²) in [6, 6.07) is 27.0.